The third-order valence-corrected chi connectivity index (χ3v) is 4.75. The quantitative estimate of drug-likeness (QED) is 0.622. The van der Waals surface area contributed by atoms with Crippen molar-refractivity contribution in [1.29, 1.82) is 0 Å². The monoisotopic (exact) mass is 359 g/mol. The summed E-state index contributed by atoms with van der Waals surface area (Å²) in [5.41, 5.74) is 2.31. The van der Waals surface area contributed by atoms with Crippen LogP contribution in [0.3, 0.4) is 0 Å². The molecule has 0 aliphatic rings. The lowest BCUT2D eigenvalue weighted by Crippen LogP contribution is -1.98. The van der Waals surface area contributed by atoms with Crippen LogP contribution in [-0.2, 0) is 13.0 Å². The summed E-state index contributed by atoms with van der Waals surface area (Å²) < 4.78 is 5.71. The predicted molar refractivity (Wildman–Crippen MR) is 97.8 cm³/mol. The number of thioether (sulfide) groups is 1. The first-order chi connectivity index (χ1) is 11.7. The average Bonchev–Trinajstić information content (AvgIpc) is 3.05. The van der Waals surface area contributed by atoms with Gasteiger partial charge in [0, 0.05) is 10.8 Å². The minimum Gasteiger partial charge on any atom is -0.486 e. The van der Waals surface area contributed by atoms with Gasteiger partial charge in [-0.3, -0.25) is 5.10 Å². The van der Waals surface area contributed by atoms with Crippen molar-refractivity contribution in [2.24, 2.45) is 0 Å². The summed E-state index contributed by atoms with van der Waals surface area (Å²) in [6.45, 7) is 2.30. The van der Waals surface area contributed by atoms with Crippen LogP contribution in [0.1, 0.15) is 17.0 Å². The van der Waals surface area contributed by atoms with E-state index in [0.717, 1.165) is 33.7 Å². The zero-order chi connectivity index (χ0) is 16.8. The Kier molecular flexibility index (Phi) is 5.77. The van der Waals surface area contributed by atoms with Crippen molar-refractivity contribution in [3.63, 3.8) is 0 Å². The second-order valence-corrected chi connectivity index (χ2v) is 6.82. The predicted octanol–water partition coefficient (Wildman–Crippen LogP) is 4.68. The minimum atomic E-state index is 0.354. The number of ether oxygens (including phenoxy) is 1. The summed E-state index contributed by atoms with van der Waals surface area (Å²) in [4.78, 5) is 4.44. The van der Waals surface area contributed by atoms with Gasteiger partial charge < -0.3 is 4.74 Å². The highest BCUT2D eigenvalue weighted by Gasteiger charge is 2.06. The van der Waals surface area contributed by atoms with E-state index < -0.39 is 0 Å². The molecule has 0 amide bonds. The molecule has 0 radical (unpaired) electrons. The van der Waals surface area contributed by atoms with E-state index in [1.54, 1.807) is 11.8 Å². The highest BCUT2D eigenvalue weighted by atomic mass is 35.5. The van der Waals surface area contributed by atoms with Crippen molar-refractivity contribution in [1.82, 2.24) is 15.2 Å². The van der Waals surface area contributed by atoms with Gasteiger partial charge in [-0.2, -0.15) is 0 Å². The fourth-order valence-corrected chi connectivity index (χ4v) is 3.09. The molecule has 3 rings (SSSR count). The van der Waals surface area contributed by atoms with Crippen molar-refractivity contribution in [3.8, 4) is 5.75 Å². The highest BCUT2D eigenvalue weighted by Crippen LogP contribution is 2.22. The average molecular weight is 360 g/mol. The van der Waals surface area contributed by atoms with Gasteiger partial charge in [0.1, 0.15) is 12.4 Å². The van der Waals surface area contributed by atoms with Gasteiger partial charge in [-0.25, -0.2) is 4.98 Å². The Morgan fingerprint density at radius 1 is 1.17 bits per heavy atom. The summed E-state index contributed by atoms with van der Waals surface area (Å²) in [7, 11) is 0. The summed E-state index contributed by atoms with van der Waals surface area (Å²) in [6, 6.07) is 16.0. The standard InChI is InChI=1S/C18H18ClN3OS/c1-13-11-15(7-8-16(13)19)23-12-17-20-18(22-21-17)24-10-9-14-5-3-2-4-6-14/h2-8,11H,9-10,12H2,1H3,(H,20,21,22). The van der Waals surface area contributed by atoms with Crippen molar-refractivity contribution in [2.45, 2.75) is 25.1 Å². The summed E-state index contributed by atoms with van der Waals surface area (Å²) in [5.74, 6) is 2.43. The molecule has 0 saturated carbocycles. The van der Waals surface area contributed by atoms with Gasteiger partial charge in [-0.15, -0.1) is 5.10 Å². The number of hydrogen-bond donors (Lipinski definition) is 1. The number of aromatic amines is 1. The van der Waals surface area contributed by atoms with Crippen LogP contribution >= 0.6 is 23.4 Å². The molecule has 2 aromatic carbocycles. The Balaban J connectivity index is 1.47. The van der Waals surface area contributed by atoms with Gasteiger partial charge in [0.25, 0.3) is 0 Å². The third kappa shape index (κ3) is 4.76. The van der Waals surface area contributed by atoms with E-state index in [1.807, 2.05) is 31.2 Å². The maximum atomic E-state index is 6.01. The molecule has 3 aromatic rings. The van der Waals surface area contributed by atoms with Gasteiger partial charge in [0.2, 0.25) is 5.16 Å². The van der Waals surface area contributed by atoms with E-state index in [1.165, 1.54) is 5.56 Å². The number of H-pyrrole nitrogens is 1. The van der Waals surface area contributed by atoms with Crippen LogP contribution in [0.2, 0.25) is 5.02 Å². The number of nitrogens with zero attached hydrogens (tertiary/aromatic N) is 2. The molecule has 0 spiro atoms. The second kappa shape index (κ2) is 8.22. The molecule has 0 unspecified atom stereocenters. The highest BCUT2D eigenvalue weighted by molar-refractivity contribution is 7.99. The van der Waals surface area contributed by atoms with Gasteiger partial charge >= 0.3 is 0 Å². The van der Waals surface area contributed by atoms with Crippen LogP contribution in [0.15, 0.2) is 53.7 Å². The maximum Gasteiger partial charge on any atom is 0.208 e. The molecule has 1 aromatic heterocycles. The molecular formula is C18H18ClN3OS. The van der Waals surface area contributed by atoms with Crippen molar-refractivity contribution in [2.75, 3.05) is 5.75 Å². The minimum absolute atomic E-state index is 0.354. The Morgan fingerprint density at radius 3 is 2.79 bits per heavy atom. The van der Waals surface area contributed by atoms with E-state index >= 15 is 0 Å². The number of rotatable bonds is 7. The SMILES string of the molecule is Cc1cc(OCc2nc(SCCc3ccccc3)n[nH]2)ccc1Cl. The molecule has 0 saturated heterocycles. The van der Waals surface area contributed by atoms with Gasteiger partial charge in [0.15, 0.2) is 5.82 Å². The lowest BCUT2D eigenvalue weighted by atomic mass is 10.2. The van der Waals surface area contributed by atoms with E-state index in [0.29, 0.717) is 12.4 Å². The maximum absolute atomic E-state index is 6.01. The Bertz CT molecular complexity index is 792. The van der Waals surface area contributed by atoms with Gasteiger partial charge in [-0.1, -0.05) is 53.7 Å². The number of benzene rings is 2. The molecule has 0 fully saturated rings. The first-order valence-electron chi connectivity index (χ1n) is 7.67. The number of aromatic nitrogens is 3. The Labute approximate surface area is 150 Å². The number of nitrogens with one attached hydrogen (secondary N) is 1. The Morgan fingerprint density at radius 2 is 2.00 bits per heavy atom. The lowest BCUT2D eigenvalue weighted by Gasteiger charge is -2.05. The second-order valence-electron chi connectivity index (χ2n) is 5.35. The molecule has 0 atom stereocenters. The van der Waals surface area contributed by atoms with Crippen LogP contribution in [0.25, 0.3) is 0 Å². The van der Waals surface area contributed by atoms with Crippen molar-refractivity contribution < 1.29 is 4.74 Å². The third-order valence-electron chi connectivity index (χ3n) is 3.48. The van der Waals surface area contributed by atoms with E-state index in [2.05, 4.69) is 39.4 Å². The van der Waals surface area contributed by atoms with Crippen LogP contribution in [-0.4, -0.2) is 20.9 Å². The van der Waals surface area contributed by atoms with Gasteiger partial charge in [0.05, 0.1) is 0 Å². The fourth-order valence-electron chi connectivity index (χ4n) is 2.17. The topological polar surface area (TPSA) is 50.8 Å². The van der Waals surface area contributed by atoms with Crippen LogP contribution in [0, 0.1) is 6.92 Å². The van der Waals surface area contributed by atoms with Crippen molar-refractivity contribution in [3.05, 3.63) is 70.5 Å². The molecule has 1 N–H and O–H groups in total. The van der Waals surface area contributed by atoms with E-state index in [4.69, 9.17) is 16.3 Å². The van der Waals surface area contributed by atoms with Crippen LogP contribution in [0.5, 0.6) is 5.75 Å². The normalized spacial score (nSPS) is 10.8. The first kappa shape index (κ1) is 16.9. The molecule has 0 aliphatic heterocycles. The molecule has 4 nitrogen and oxygen atoms in total. The molecular weight excluding hydrogens is 342 g/mol. The number of aryl methyl sites for hydroxylation is 2. The molecule has 124 valence electrons. The molecule has 6 heteroatoms. The summed E-state index contributed by atoms with van der Waals surface area (Å²) in [6.07, 6.45) is 0.996. The fraction of sp³-hybridized carbons (Fsp3) is 0.222. The Hall–Kier alpha value is -1.98. The molecule has 1 heterocycles. The molecule has 24 heavy (non-hydrogen) atoms. The summed E-state index contributed by atoms with van der Waals surface area (Å²) in [5, 5.41) is 8.62. The largest absolute Gasteiger partial charge is 0.486 e. The zero-order valence-corrected chi connectivity index (χ0v) is 14.9. The van der Waals surface area contributed by atoms with E-state index in [9.17, 15) is 0 Å². The lowest BCUT2D eigenvalue weighted by molar-refractivity contribution is 0.296. The summed E-state index contributed by atoms with van der Waals surface area (Å²) >= 11 is 7.64. The molecule has 0 bridgehead atoms. The zero-order valence-electron chi connectivity index (χ0n) is 13.3. The van der Waals surface area contributed by atoms with Crippen LogP contribution in [0.4, 0.5) is 0 Å². The molecule has 0 aliphatic carbocycles. The first-order valence-corrected chi connectivity index (χ1v) is 9.04. The number of hydrogen-bond acceptors (Lipinski definition) is 4. The van der Waals surface area contributed by atoms with E-state index in [-0.39, 0.29) is 0 Å². The number of halogens is 1. The van der Waals surface area contributed by atoms with Gasteiger partial charge in [-0.05, 0) is 42.7 Å². The smallest absolute Gasteiger partial charge is 0.208 e. The van der Waals surface area contributed by atoms with Crippen LogP contribution < -0.4 is 4.74 Å². The van der Waals surface area contributed by atoms with Crippen molar-refractivity contribution >= 4 is 23.4 Å².